The zero-order chi connectivity index (χ0) is 16.6. The summed E-state index contributed by atoms with van der Waals surface area (Å²) in [4.78, 5) is 25.5. The molecule has 2 heterocycles. The lowest BCUT2D eigenvalue weighted by Gasteiger charge is -2.10. The van der Waals surface area contributed by atoms with Crippen molar-refractivity contribution in [2.45, 2.75) is 12.9 Å². The Balaban J connectivity index is 1.86. The van der Waals surface area contributed by atoms with E-state index in [9.17, 15) is 22.8 Å². The zero-order valence-electron chi connectivity index (χ0n) is 11.4. The molecule has 0 bridgehead atoms. The van der Waals surface area contributed by atoms with Crippen molar-refractivity contribution in [2.24, 2.45) is 0 Å². The van der Waals surface area contributed by atoms with Crippen molar-refractivity contribution in [2.75, 3.05) is 0 Å². The molecule has 0 spiro atoms. The van der Waals surface area contributed by atoms with Crippen molar-refractivity contribution in [3.05, 3.63) is 63.0 Å². The second-order valence-corrected chi connectivity index (χ2v) is 4.69. The topological polar surface area (TPSA) is 77.2 Å². The van der Waals surface area contributed by atoms with Crippen LogP contribution in [0.25, 0.3) is 11.1 Å². The molecule has 3 rings (SSSR count). The first-order valence-electron chi connectivity index (χ1n) is 6.39. The largest absolute Gasteiger partial charge is 0.573 e. The fraction of sp³-hybridized carbons (Fsp3) is 0.143. The fourth-order valence-corrected chi connectivity index (χ4v) is 2.10. The van der Waals surface area contributed by atoms with E-state index < -0.39 is 17.7 Å². The van der Waals surface area contributed by atoms with Gasteiger partial charge in [0.1, 0.15) is 5.75 Å². The number of alkyl halides is 3. The number of nitrogens with one attached hydrogen (secondary N) is 1. The first kappa shape index (κ1) is 14.9. The predicted molar refractivity (Wildman–Crippen MR) is 73.3 cm³/mol. The second-order valence-electron chi connectivity index (χ2n) is 4.69. The van der Waals surface area contributed by atoms with Crippen LogP contribution in [0.1, 0.15) is 5.56 Å². The summed E-state index contributed by atoms with van der Waals surface area (Å²) in [7, 11) is 0. The minimum absolute atomic E-state index is 0.0366. The van der Waals surface area contributed by atoms with E-state index in [0.717, 1.165) is 12.1 Å². The van der Waals surface area contributed by atoms with Gasteiger partial charge >= 0.3 is 12.1 Å². The van der Waals surface area contributed by atoms with Gasteiger partial charge in [0.15, 0.2) is 11.1 Å². The SMILES string of the molecule is O=c1[nH]c2c(=O)n(Cc3ccc(OC(F)(F)F)cc3)ccc2o1. The van der Waals surface area contributed by atoms with Gasteiger partial charge in [0, 0.05) is 6.20 Å². The number of halogens is 3. The molecule has 23 heavy (non-hydrogen) atoms. The fourth-order valence-electron chi connectivity index (χ4n) is 2.10. The molecular weight excluding hydrogens is 317 g/mol. The molecule has 0 saturated heterocycles. The molecule has 6 nitrogen and oxygen atoms in total. The van der Waals surface area contributed by atoms with E-state index in [-0.39, 0.29) is 23.4 Å². The van der Waals surface area contributed by atoms with Crippen LogP contribution in [0, 0.1) is 0 Å². The van der Waals surface area contributed by atoms with Crippen LogP contribution in [0.15, 0.2) is 50.5 Å². The summed E-state index contributed by atoms with van der Waals surface area (Å²) in [6.07, 6.45) is -3.32. The third-order valence-electron chi connectivity index (χ3n) is 3.07. The molecule has 0 fully saturated rings. The van der Waals surface area contributed by atoms with Crippen LogP contribution in [-0.4, -0.2) is 15.9 Å². The van der Waals surface area contributed by atoms with Crippen molar-refractivity contribution < 1.29 is 22.3 Å². The Labute approximate surface area is 125 Å². The highest BCUT2D eigenvalue weighted by atomic mass is 19.4. The number of pyridine rings is 1. The van der Waals surface area contributed by atoms with E-state index in [1.54, 1.807) is 0 Å². The summed E-state index contributed by atoms with van der Waals surface area (Å²) in [6, 6.07) is 6.60. The Hall–Kier alpha value is -2.97. The maximum atomic E-state index is 12.2. The second kappa shape index (κ2) is 5.34. The number of ether oxygens (including phenoxy) is 1. The number of fused-ring (bicyclic) bond motifs is 1. The molecule has 2 aromatic heterocycles. The molecule has 0 atom stereocenters. The van der Waals surface area contributed by atoms with Crippen LogP contribution in [0.2, 0.25) is 0 Å². The number of aromatic nitrogens is 2. The van der Waals surface area contributed by atoms with E-state index in [4.69, 9.17) is 4.42 Å². The van der Waals surface area contributed by atoms with Crippen molar-refractivity contribution in [1.82, 2.24) is 9.55 Å². The number of rotatable bonds is 3. The summed E-state index contributed by atoms with van der Waals surface area (Å²) in [5.41, 5.74) is 0.301. The standard InChI is InChI=1S/C14H9F3N2O4/c15-14(16,17)23-9-3-1-8(2-4-9)7-19-6-5-10-11(12(19)20)18-13(21)22-10/h1-6H,7H2,(H,18,21). The maximum Gasteiger partial charge on any atom is 0.573 e. The molecule has 0 radical (unpaired) electrons. The van der Waals surface area contributed by atoms with Gasteiger partial charge in [-0.3, -0.25) is 9.78 Å². The Morgan fingerprint density at radius 1 is 1.13 bits per heavy atom. The van der Waals surface area contributed by atoms with Gasteiger partial charge in [0.05, 0.1) is 6.54 Å². The lowest BCUT2D eigenvalue weighted by molar-refractivity contribution is -0.274. The minimum Gasteiger partial charge on any atom is -0.408 e. The van der Waals surface area contributed by atoms with Gasteiger partial charge in [-0.05, 0) is 23.8 Å². The van der Waals surface area contributed by atoms with Gasteiger partial charge in [-0.1, -0.05) is 12.1 Å². The van der Waals surface area contributed by atoms with Crippen LogP contribution < -0.4 is 16.1 Å². The monoisotopic (exact) mass is 326 g/mol. The van der Waals surface area contributed by atoms with E-state index in [0.29, 0.717) is 5.56 Å². The van der Waals surface area contributed by atoms with Gasteiger partial charge in [0.2, 0.25) is 0 Å². The molecule has 3 aromatic rings. The van der Waals surface area contributed by atoms with Crippen LogP contribution in [0.3, 0.4) is 0 Å². The van der Waals surface area contributed by atoms with E-state index in [1.165, 1.54) is 29.0 Å². The summed E-state index contributed by atoms with van der Waals surface area (Å²) in [6.45, 7) is 0.119. The van der Waals surface area contributed by atoms with Gasteiger partial charge < -0.3 is 13.7 Å². The number of hydrogen-bond acceptors (Lipinski definition) is 4. The Morgan fingerprint density at radius 3 is 2.48 bits per heavy atom. The van der Waals surface area contributed by atoms with Gasteiger partial charge in [-0.15, -0.1) is 13.2 Å². The maximum absolute atomic E-state index is 12.2. The zero-order valence-corrected chi connectivity index (χ0v) is 11.4. The molecule has 1 aromatic carbocycles. The highest BCUT2D eigenvalue weighted by Gasteiger charge is 2.30. The number of nitrogens with zero attached hydrogens (tertiary/aromatic N) is 1. The van der Waals surface area contributed by atoms with E-state index >= 15 is 0 Å². The molecule has 0 unspecified atom stereocenters. The molecule has 0 aliphatic carbocycles. The van der Waals surface area contributed by atoms with Gasteiger partial charge in [-0.25, -0.2) is 4.79 Å². The van der Waals surface area contributed by atoms with Crippen molar-refractivity contribution in [3.63, 3.8) is 0 Å². The Bertz CT molecular complexity index is 951. The summed E-state index contributed by atoms with van der Waals surface area (Å²) >= 11 is 0. The first-order chi connectivity index (χ1) is 10.8. The van der Waals surface area contributed by atoms with Gasteiger partial charge in [-0.2, -0.15) is 0 Å². The predicted octanol–water partition coefficient (Wildman–Crippen LogP) is 2.23. The molecule has 9 heteroatoms. The van der Waals surface area contributed by atoms with Crippen LogP contribution >= 0.6 is 0 Å². The van der Waals surface area contributed by atoms with E-state index in [1.807, 2.05) is 0 Å². The Morgan fingerprint density at radius 2 is 1.83 bits per heavy atom. The molecular formula is C14H9F3N2O4. The number of H-pyrrole nitrogens is 1. The molecule has 120 valence electrons. The average Bonchev–Trinajstić information content (AvgIpc) is 2.84. The van der Waals surface area contributed by atoms with Crippen molar-refractivity contribution in [1.29, 1.82) is 0 Å². The number of oxazole rings is 1. The molecule has 1 N–H and O–H groups in total. The summed E-state index contributed by atoms with van der Waals surface area (Å²) in [5.74, 6) is -1.08. The summed E-state index contributed by atoms with van der Waals surface area (Å²) < 4.78 is 46.1. The molecule has 0 aliphatic heterocycles. The average molecular weight is 326 g/mol. The Kier molecular flexibility index (Phi) is 3.47. The molecule has 0 aliphatic rings. The van der Waals surface area contributed by atoms with Crippen LogP contribution in [0.5, 0.6) is 5.75 Å². The third-order valence-corrected chi connectivity index (χ3v) is 3.07. The smallest absolute Gasteiger partial charge is 0.408 e. The lowest BCUT2D eigenvalue weighted by Crippen LogP contribution is -2.20. The van der Waals surface area contributed by atoms with Gasteiger partial charge in [0.25, 0.3) is 5.56 Å². The number of hydrogen-bond donors (Lipinski definition) is 1. The van der Waals surface area contributed by atoms with Crippen LogP contribution in [-0.2, 0) is 6.54 Å². The first-order valence-corrected chi connectivity index (χ1v) is 6.39. The number of aromatic amines is 1. The summed E-state index contributed by atoms with van der Waals surface area (Å²) in [5, 5.41) is 0. The van der Waals surface area contributed by atoms with Crippen molar-refractivity contribution >= 4 is 11.1 Å². The lowest BCUT2D eigenvalue weighted by atomic mass is 10.2. The van der Waals surface area contributed by atoms with Crippen LogP contribution in [0.4, 0.5) is 13.2 Å². The minimum atomic E-state index is -4.75. The quantitative estimate of drug-likeness (QED) is 0.801. The normalized spacial score (nSPS) is 11.8. The highest BCUT2D eigenvalue weighted by Crippen LogP contribution is 2.22. The number of benzene rings is 1. The highest BCUT2D eigenvalue weighted by molar-refractivity contribution is 5.70. The molecule has 0 amide bonds. The molecule has 0 saturated carbocycles. The van der Waals surface area contributed by atoms with E-state index in [2.05, 4.69) is 9.72 Å². The van der Waals surface area contributed by atoms with Crippen molar-refractivity contribution in [3.8, 4) is 5.75 Å². The third kappa shape index (κ3) is 3.28.